The summed E-state index contributed by atoms with van der Waals surface area (Å²) in [5.74, 6) is -0.155. The van der Waals surface area contributed by atoms with Gasteiger partial charge in [0.2, 0.25) is 0 Å². The van der Waals surface area contributed by atoms with Crippen molar-refractivity contribution in [3.63, 3.8) is 0 Å². The van der Waals surface area contributed by atoms with Crippen LogP contribution in [0.3, 0.4) is 0 Å². The first-order chi connectivity index (χ1) is 7.40. The van der Waals surface area contributed by atoms with Gasteiger partial charge in [-0.2, -0.15) is 0 Å². The van der Waals surface area contributed by atoms with Crippen molar-refractivity contribution in [3.8, 4) is 0 Å². The zero-order valence-electron chi connectivity index (χ0n) is 10.1. The number of hydrogen-bond acceptors (Lipinski definition) is 2. The Morgan fingerprint density at radius 1 is 1.50 bits per heavy atom. The van der Waals surface area contributed by atoms with Gasteiger partial charge in [0.05, 0.1) is 0 Å². The minimum absolute atomic E-state index is 0.0315. The van der Waals surface area contributed by atoms with E-state index in [4.69, 9.17) is 5.73 Å². The number of anilines is 1. The van der Waals surface area contributed by atoms with Gasteiger partial charge in [-0.05, 0) is 51.0 Å². The quantitative estimate of drug-likeness (QED) is 0.832. The fourth-order valence-electron chi connectivity index (χ4n) is 2.48. The first-order valence-electron chi connectivity index (χ1n) is 5.72. The van der Waals surface area contributed by atoms with Crippen LogP contribution in [0.15, 0.2) is 18.2 Å². The van der Waals surface area contributed by atoms with Gasteiger partial charge in [-0.25, -0.2) is 4.39 Å². The molecule has 0 aromatic heterocycles. The lowest BCUT2D eigenvalue weighted by Gasteiger charge is -2.35. The molecule has 0 fully saturated rings. The average molecular weight is 222 g/mol. The summed E-state index contributed by atoms with van der Waals surface area (Å²) in [6, 6.07) is 5.14. The summed E-state index contributed by atoms with van der Waals surface area (Å²) >= 11 is 0. The lowest BCUT2D eigenvalue weighted by atomic mass is 9.99. The van der Waals surface area contributed by atoms with Gasteiger partial charge >= 0.3 is 0 Å². The van der Waals surface area contributed by atoms with E-state index in [-0.39, 0.29) is 17.4 Å². The lowest BCUT2D eigenvalue weighted by molar-refractivity contribution is 0.471. The van der Waals surface area contributed by atoms with Gasteiger partial charge < -0.3 is 10.6 Å². The zero-order valence-corrected chi connectivity index (χ0v) is 10.1. The van der Waals surface area contributed by atoms with Gasteiger partial charge in [0.15, 0.2) is 0 Å². The first-order valence-corrected chi connectivity index (χ1v) is 5.72. The van der Waals surface area contributed by atoms with E-state index in [1.165, 1.54) is 6.07 Å². The summed E-state index contributed by atoms with van der Waals surface area (Å²) in [6.07, 6.45) is 0.882. The van der Waals surface area contributed by atoms with Crippen LogP contribution in [0.2, 0.25) is 0 Å². The summed E-state index contributed by atoms with van der Waals surface area (Å²) < 4.78 is 13.2. The van der Waals surface area contributed by atoms with Crippen molar-refractivity contribution in [1.29, 1.82) is 0 Å². The van der Waals surface area contributed by atoms with Crippen LogP contribution in [0.5, 0.6) is 0 Å². The third-order valence-corrected chi connectivity index (χ3v) is 3.16. The van der Waals surface area contributed by atoms with Gasteiger partial charge in [-0.15, -0.1) is 0 Å². The number of nitrogens with two attached hydrogens (primary N) is 1. The van der Waals surface area contributed by atoms with Gasteiger partial charge in [-0.3, -0.25) is 0 Å². The molecule has 0 amide bonds. The molecule has 16 heavy (non-hydrogen) atoms. The molecule has 0 radical (unpaired) electrons. The fraction of sp³-hybridized carbons (Fsp3) is 0.538. The number of hydrogen-bond donors (Lipinski definition) is 1. The highest BCUT2D eigenvalue weighted by molar-refractivity contribution is 5.61. The molecule has 2 N–H and O–H groups in total. The molecule has 1 atom stereocenters. The predicted molar refractivity (Wildman–Crippen MR) is 65.2 cm³/mol. The minimum Gasteiger partial charge on any atom is -0.364 e. The Morgan fingerprint density at radius 3 is 2.81 bits per heavy atom. The van der Waals surface area contributed by atoms with Crippen molar-refractivity contribution in [2.75, 3.05) is 11.4 Å². The molecule has 0 saturated heterocycles. The highest BCUT2D eigenvalue weighted by atomic mass is 19.1. The van der Waals surface area contributed by atoms with E-state index in [0.717, 1.165) is 24.2 Å². The van der Waals surface area contributed by atoms with Gasteiger partial charge in [-0.1, -0.05) is 0 Å². The number of nitrogens with zero attached hydrogens (tertiary/aromatic N) is 1. The van der Waals surface area contributed by atoms with Crippen LogP contribution in [0.25, 0.3) is 0 Å². The van der Waals surface area contributed by atoms with Crippen LogP contribution < -0.4 is 10.6 Å². The molecule has 2 nitrogen and oxygen atoms in total. The Labute approximate surface area is 96.2 Å². The normalized spacial score (nSPS) is 19.7. The average Bonchev–Trinajstić information content (AvgIpc) is 2.36. The minimum atomic E-state index is -0.155. The van der Waals surface area contributed by atoms with Crippen LogP contribution >= 0.6 is 0 Å². The van der Waals surface area contributed by atoms with E-state index in [9.17, 15) is 4.39 Å². The van der Waals surface area contributed by atoms with Crippen LogP contribution in [0, 0.1) is 5.82 Å². The molecule has 2 rings (SSSR count). The van der Waals surface area contributed by atoms with E-state index in [2.05, 4.69) is 18.7 Å². The molecule has 1 aromatic carbocycles. The Morgan fingerprint density at radius 2 is 2.19 bits per heavy atom. The number of benzene rings is 1. The van der Waals surface area contributed by atoms with Crippen LogP contribution in [0.1, 0.15) is 26.3 Å². The predicted octanol–water partition coefficient (Wildman–Crippen LogP) is 2.31. The molecule has 0 bridgehead atoms. The van der Waals surface area contributed by atoms with Crippen molar-refractivity contribution < 1.29 is 4.39 Å². The van der Waals surface area contributed by atoms with E-state index in [1.54, 1.807) is 6.07 Å². The molecular weight excluding hydrogens is 203 g/mol. The third-order valence-electron chi connectivity index (χ3n) is 3.16. The molecule has 88 valence electrons. The number of rotatable bonds is 2. The zero-order chi connectivity index (χ0) is 11.9. The van der Waals surface area contributed by atoms with Gasteiger partial charge in [0, 0.05) is 23.8 Å². The van der Waals surface area contributed by atoms with Gasteiger partial charge in [0.1, 0.15) is 5.82 Å². The smallest absolute Gasteiger partial charge is 0.123 e. The summed E-state index contributed by atoms with van der Waals surface area (Å²) in [6.45, 7) is 7.16. The van der Waals surface area contributed by atoms with Crippen LogP contribution in [-0.4, -0.2) is 18.1 Å². The monoisotopic (exact) mass is 222 g/mol. The molecule has 3 heteroatoms. The van der Waals surface area contributed by atoms with Gasteiger partial charge in [0.25, 0.3) is 0 Å². The van der Waals surface area contributed by atoms with Crippen molar-refractivity contribution in [1.82, 2.24) is 0 Å². The lowest BCUT2D eigenvalue weighted by Crippen LogP contribution is -2.46. The maximum absolute atomic E-state index is 13.2. The van der Waals surface area contributed by atoms with Crippen molar-refractivity contribution in [2.45, 2.75) is 38.8 Å². The third kappa shape index (κ3) is 1.92. The number of fused-ring (bicyclic) bond motifs is 1. The molecule has 1 aromatic rings. The maximum atomic E-state index is 13.2. The standard InChI is InChI=1S/C13H19FN2/c1-9(15)8-16-12-5-4-11(14)6-10(12)7-13(16,2)3/h4-6,9H,7-8,15H2,1-3H3. The molecule has 0 saturated carbocycles. The second-order valence-electron chi connectivity index (χ2n) is 5.35. The Kier molecular flexibility index (Phi) is 2.66. The molecule has 1 unspecified atom stereocenters. The Balaban J connectivity index is 2.38. The van der Waals surface area contributed by atoms with E-state index >= 15 is 0 Å². The first kappa shape index (κ1) is 11.4. The highest BCUT2D eigenvalue weighted by Gasteiger charge is 2.36. The molecule has 1 heterocycles. The van der Waals surface area contributed by atoms with Crippen molar-refractivity contribution >= 4 is 5.69 Å². The van der Waals surface area contributed by atoms with E-state index in [1.807, 2.05) is 13.0 Å². The highest BCUT2D eigenvalue weighted by Crippen LogP contribution is 2.38. The summed E-state index contributed by atoms with van der Waals surface area (Å²) in [7, 11) is 0. The second kappa shape index (κ2) is 3.74. The van der Waals surface area contributed by atoms with Crippen LogP contribution in [0.4, 0.5) is 10.1 Å². The molecule has 0 aliphatic carbocycles. The second-order valence-corrected chi connectivity index (χ2v) is 5.35. The maximum Gasteiger partial charge on any atom is 0.123 e. The topological polar surface area (TPSA) is 29.3 Å². The largest absolute Gasteiger partial charge is 0.364 e. The van der Waals surface area contributed by atoms with Crippen molar-refractivity contribution in [3.05, 3.63) is 29.6 Å². The molecule has 1 aliphatic heterocycles. The number of halogens is 1. The molecular formula is C13H19FN2. The Bertz CT molecular complexity index is 399. The van der Waals surface area contributed by atoms with E-state index in [0.29, 0.717) is 0 Å². The van der Waals surface area contributed by atoms with Crippen LogP contribution in [-0.2, 0) is 6.42 Å². The SMILES string of the molecule is CC(N)CN1c2ccc(F)cc2CC1(C)C. The Hall–Kier alpha value is -1.09. The molecule has 0 spiro atoms. The molecule has 1 aliphatic rings. The fourth-order valence-corrected chi connectivity index (χ4v) is 2.48. The summed E-state index contributed by atoms with van der Waals surface area (Å²) in [5, 5.41) is 0. The van der Waals surface area contributed by atoms with Crippen molar-refractivity contribution in [2.24, 2.45) is 5.73 Å². The summed E-state index contributed by atoms with van der Waals surface area (Å²) in [5.41, 5.74) is 8.11. The van der Waals surface area contributed by atoms with E-state index < -0.39 is 0 Å². The summed E-state index contributed by atoms with van der Waals surface area (Å²) in [4.78, 5) is 2.28.